The van der Waals surface area contributed by atoms with Crippen LogP contribution in [0.1, 0.15) is 25.0 Å². The van der Waals surface area contributed by atoms with E-state index in [1.807, 2.05) is 0 Å². The largest absolute Gasteiger partial charge is 0.497 e. The van der Waals surface area contributed by atoms with Crippen LogP contribution in [0.25, 0.3) is 0 Å². The van der Waals surface area contributed by atoms with Crippen LogP contribution in [0.15, 0.2) is 17.0 Å². The monoisotopic (exact) mass is 326 g/mol. The summed E-state index contributed by atoms with van der Waals surface area (Å²) in [6.07, 6.45) is 0. The first-order chi connectivity index (χ1) is 10.1. The van der Waals surface area contributed by atoms with Gasteiger partial charge in [-0.1, -0.05) is 0 Å². The van der Waals surface area contributed by atoms with Crippen molar-refractivity contribution >= 4 is 15.9 Å². The van der Waals surface area contributed by atoms with Crippen LogP contribution in [0.4, 0.5) is 0 Å². The summed E-state index contributed by atoms with van der Waals surface area (Å²) in [7, 11) is -2.23. The number of ether oxygens (including phenoxy) is 1. The fraction of sp³-hybridized carbons (Fsp3) is 0.533. The lowest BCUT2D eigenvalue weighted by atomic mass is 10.0. The van der Waals surface area contributed by atoms with Crippen molar-refractivity contribution in [3.63, 3.8) is 0 Å². The van der Waals surface area contributed by atoms with Crippen molar-refractivity contribution < 1.29 is 17.9 Å². The molecule has 1 aromatic carbocycles. The van der Waals surface area contributed by atoms with E-state index in [9.17, 15) is 13.2 Å². The smallest absolute Gasteiger partial charge is 0.244 e. The Hall–Kier alpha value is -1.60. The Morgan fingerprint density at radius 3 is 2.27 bits per heavy atom. The number of nitrogens with one attached hydrogen (secondary N) is 1. The van der Waals surface area contributed by atoms with E-state index in [1.165, 1.54) is 4.31 Å². The van der Waals surface area contributed by atoms with E-state index in [-0.39, 0.29) is 17.3 Å². The number of hydrogen-bond acceptors (Lipinski definition) is 4. The lowest BCUT2D eigenvalue weighted by Crippen LogP contribution is -2.63. The number of methoxy groups -OCH3 is 1. The molecule has 0 spiro atoms. The fourth-order valence-corrected chi connectivity index (χ4v) is 5.01. The van der Waals surface area contributed by atoms with Gasteiger partial charge in [0.25, 0.3) is 0 Å². The zero-order chi connectivity index (χ0) is 16.7. The minimum Gasteiger partial charge on any atom is -0.497 e. The van der Waals surface area contributed by atoms with Crippen LogP contribution < -0.4 is 10.1 Å². The summed E-state index contributed by atoms with van der Waals surface area (Å²) in [5.41, 5.74) is 0.105. The summed E-state index contributed by atoms with van der Waals surface area (Å²) in [6.45, 7) is 7.28. The van der Waals surface area contributed by atoms with Gasteiger partial charge in [0.15, 0.2) is 0 Å². The number of rotatable bonds is 3. The van der Waals surface area contributed by atoms with Gasteiger partial charge in [-0.25, -0.2) is 8.42 Å². The van der Waals surface area contributed by atoms with E-state index in [0.717, 1.165) is 0 Å². The number of nitrogens with zero attached hydrogens (tertiary/aromatic N) is 1. The minimum absolute atomic E-state index is 0.246. The highest BCUT2D eigenvalue weighted by molar-refractivity contribution is 7.89. The van der Waals surface area contributed by atoms with Crippen molar-refractivity contribution in [3.8, 4) is 5.75 Å². The molecule has 7 heteroatoms. The average molecular weight is 326 g/mol. The van der Waals surface area contributed by atoms with Crippen LogP contribution in [-0.2, 0) is 14.8 Å². The third-order valence-corrected chi connectivity index (χ3v) is 6.38. The molecule has 122 valence electrons. The molecule has 0 radical (unpaired) electrons. The molecule has 1 saturated heterocycles. The zero-order valence-electron chi connectivity index (χ0n) is 13.6. The molecule has 1 aliphatic heterocycles. The molecule has 1 amide bonds. The molecule has 0 saturated carbocycles. The molecule has 1 N–H and O–H groups in total. The van der Waals surface area contributed by atoms with Crippen molar-refractivity contribution in [2.45, 2.75) is 38.1 Å². The zero-order valence-corrected chi connectivity index (χ0v) is 14.4. The van der Waals surface area contributed by atoms with Gasteiger partial charge >= 0.3 is 0 Å². The van der Waals surface area contributed by atoms with E-state index in [2.05, 4.69) is 5.32 Å². The number of sulfonamides is 1. The molecule has 1 heterocycles. The maximum atomic E-state index is 13.1. The number of hydrogen-bond donors (Lipinski definition) is 1. The summed E-state index contributed by atoms with van der Waals surface area (Å²) < 4.78 is 32.6. The number of benzene rings is 1. The van der Waals surface area contributed by atoms with E-state index >= 15 is 0 Å². The Balaban J connectivity index is 2.58. The van der Waals surface area contributed by atoms with Crippen molar-refractivity contribution in [1.29, 1.82) is 0 Å². The van der Waals surface area contributed by atoms with Gasteiger partial charge in [0, 0.05) is 13.1 Å². The first-order valence-corrected chi connectivity index (χ1v) is 8.52. The first-order valence-electron chi connectivity index (χ1n) is 7.08. The standard InChI is InChI=1S/C15H22N2O4S/c1-10-8-12(21-5)9-11(2)13(10)22(19,20)17-7-6-16-14(18)15(17,3)4/h8-9H,6-7H2,1-5H3,(H,16,18). The summed E-state index contributed by atoms with van der Waals surface area (Å²) in [4.78, 5) is 12.3. The van der Waals surface area contributed by atoms with E-state index in [4.69, 9.17) is 4.74 Å². The molecule has 1 aromatic rings. The molecule has 0 aromatic heterocycles. The van der Waals surface area contributed by atoms with Crippen LogP contribution in [-0.4, -0.2) is 44.4 Å². The molecule has 1 aliphatic rings. The van der Waals surface area contributed by atoms with Crippen LogP contribution in [0.2, 0.25) is 0 Å². The summed E-state index contributed by atoms with van der Waals surface area (Å²) in [5.74, 6) is 0.329. The number of piperazine rings is 1. The quantitative estimate of drug-likeness (QED) is 0.906. The molecular formula is C15H22N2O4S. The second kappa shape index (κ2) is 5.55. The average Bonchev–Trinajstić information content (AvgIpc) is 2.40. The second-order valence-corrected chi connectivity index (χ2v) is 7.78. The third kappa shape index (κ3) is 2.59. The fourth-order valence-electron chi connectivity index (χ4n) is 2.85. The van der Waals surface area contributed by atoms with Gasteiger partial charge in [0.05, 0.1) is 12.0 Å². The van der Waals surface area contributed by atoms with Crippen LogP contribution in [0, 0.1) is 13.8 Å². The number of aryl methyl sites for hydroxylation is 2. The number of carbonyl (C=O) groups is 1. The van der Waals surface area contributed by atoms with Gasteiger partial charge in [-0.3, -0.25) is 4.79 Å². The van der Waals surface area contributed by atoms with Crippen molar-refractivity contribution in [3.05, 3.63) is 23.3 Å². The summed E-state index contributed by atoms with van der Waals surface area (Å²) in [6, 6.07) is 3.38. The van der Waals surface area contributed by atoms with Crippen LogP contribution in [0.5, 0.6) is 5.75 Å². The summed E-state index contributed by atoms with van der Waals surface area (Å²) >= 11 is 0. The van der Waals surface area contributed by atoms with Gasteiger partial charge in [-0.15, -0.1) is 0 Å². The van der Waals surface area contributed by atoms with Gasteiger partial charge in [-0.2, -0.15) is 4.31 Å². The Labute approximate surface area is 131 Å². The van der Waals surface area contributed by atoms with Gasteiger partial charge < -0.3 is 10.1 Å². The molecule has 22 heavy (non-hydrogen) atoms. The van der Waals surface area contributed by atoms with Crippen molar-refractivity contribution in [1.82, 2.24) is 9.62 Å². The molecular weight excluding hydrogens is 304 g/mol. The Kier molecular flexibility index (Phi) is 4.23. The van der Waals surface area contributed by atoms with E-state index in [1.54, 1.807) is 46.9 Å². The van der Waals surface area contributed by atoms with E-state index in [0.29, 0.717) is 23.4 Å². The molecule has 0 unspecified atom stereocenters. The van der Waals surface area contributed by atoms with Crippen LogP contribution >= 0.6 is 0 Å². The Morgan fingerprint density at radius 1 is 1.23 bits per heavy atom. The summed E-state index contributed by atoms with van der Waals surface area (Å²) in [5, 5.41) is 2.71. The van der Waals surface area contributed by atoms with Gasteiger partial charge in [0.2, 0.25) is 15.9 Å². The minimum atomic E-state index is -3.77. The highest BCUT2D eigenvalue weighted by atomic mass is 32.2. The van der Waals surface area contributed by atoms with E-state index < -0.39 is 15.6 Å². The predicted octanol–water partition coefficient (Wildman–Crippen LogP) is 1.21. The lowest BCUT2D eigenvalue weighted by Gasteiger charge is -2.40. The SMILES string of the molecule is COc1cc(C)c(S(=O)(=O)N2CCNC(=O)C2(C)C)c(C)c1. The molecule has 2 rings (SSSR count). The topological polar surface area (TPSA) is 75.7 Å². The highest BCUT2D eigenvalue weighted by Crippen LogP contribution is 2.32. The Morgan fingerprint density at radius 2 is 1.77 bits per heavy atom. The lowest BCUT2D eigenvalue weighted by molar-refractivity contribution is -0.131. The van der Waals surface area contributed by atoms with Gasteiger partial charge in [0.1, 0.15) is 11.3 Å². The molecule has 0 atom stereocenters. The predicted molar refractivity (Wildman–Crippen MR) is 83.4 cm³/mol. The maximum absolute atomic E-state index is 13.1. The maximum Gasteiger partial charge on any atom is 0.244 e. The second-order valence-electron chi connectivity index (χ2n) is 5.98. The Bertz CT molecular complexity index is 687. The first kappa shape index (κ1) is 16.8. The number of carbonyl (C=O) groups excluding carboxylic acids is 1. The number of amides is 1. The van der Waals surface area contributed by atoms with Gasteiger partial charge in [-0.05, 0) is 51.0 Å². The molecule has 1 fully saturated rings. The normalized spacial score (nSPS) is 18.9. The molecule has 0 aliphatic carbocycles. The molecule has 0 bridgehead atoms. The van der Waals surface area contributed by atoms with Crippen molar-refractivity contribution in [2.75, 3.05) is 20.2 Å². The highest BCUT2D eigenvalue weighted by Gasteiger charge is 2.45. The van der Waals surface area contributed by atoms with Crippen LogP contribution in [0.3, 0.4) is 0 Å². The van der Waals surface area contributed by atoms with Crippen molar-refractivity contribution in [2.24, 2.45) is 0 Å². The third-order valence-electron chi connectivity index (χ3n) is 4.00. The molecule has 6 nitrogen and oxygen atoms in total.